The zero-order chi connectivity index (χ0) is 20.2. The molecule has 2 heterocycles. The lowest BCUT2D eigenvalue weighted by molar-refractivity contribution is -0.120. The predicted octanol–water partition coefficient (Wildman–Crippen LogP) is 4.35. The number of benzene rings is 2. The fourth-order valence-electron chi connectivity index (χ4n) is 3.17. The van der Waals surface area contributed by atoms with E-state index < -0.39 is 0 Å². The van der Waals surface area contributed by atoms with Crippen LogP contribution in [0.5, 0.6) is 0 Å². The highest BCUT2D eigenvalue weighted by Gasteiger charge is 2.21. The largest absolute Gasteiger partial charge is 0.338 e. The van der Waals surface area contributed by atoms with Crippen LogP contribution in [0.2, 0.25) is 5.02 Å². The Labute approximate surface area is 173 Å². The maximum atomic E-state index is 12.6. The third-order valence-corrected chi connectivity index (χ3v) is 5.04. The van der Waals surface area contributed by atoms with Gasteiger partial charge in [0, 0.05) is 54.0 Å². The molecule has 4 rings (SSSR count). The van der Waals surface area contributed by atoms with E-state index in [0.717, 1.165) is 16.9 Å². The van der Waals surface area contributed by atoms with Gasteiger partial charge in [-0.15, -0.1) is 0 Å². The lowest BCUT2D eigenvalue weighted by atomic mass is 10.1. The SMILES string of the molecule is O=C1CCN(C(=O)c2ccc(Nc3nccc(-c4ccc(Cl)cc4)n3)cc2)CC1. The van der Waals surface area contributed by atoms with Crippen LogP contribution in [0.1, 0.15) is 23.2 Å². The number of aromatic nitrogens is 2. The number of hydrogen-bond donors (Lipinski definition) is 1. The Morgan fingerprint density at radius 3 is 2.34 bits per heavy atom. The van der Waals surface area contributed by atoms with Crippen LogP contribution in [0.3, 0.4) is 0 Å². The first kappa shape index (κ1) is 19.1. The Morgan fingerprint density at radius 2 is 1.66 bits per heavy atom. The number of carbonyl (C=O) groups is 2. The minimum absolute atomic E-state index is 0.0509. The summed E-state index contributed by atoms with van der Waals surface area (Å²) in [5.41, 5.74) is 3.11. The second-order valence-corrected chi connectivity index (χ2v) is 7.24. The van der Waals surface area contributed by atoms with Crippen molar-refractivity contribution in [2.24, 2.45) is 0 Å². The van der Waals surface area contributed by atoms with Crippen LogP contribution >= 0.6 is 11.6 Å². The lowest BCUT2D eigenvalue weighted by Gasteiger charge is -2.26. The van der Waals surface area contributed by atoms with Crippen molar-refractivity contribution in [2.75, 3.05) is 18.4 Å². The van der Waals surface area contributed by atoms with Gasteiger partial charge in [-0.3, -0.25) is 9.59 Å². The zero-order valence-electron chi connectivity index (χ0n) is 15.6. The Kier molecular flexibility index (Phi) is 5.53. The van der Waals surface area contributed by atoms with Crippen molar-refractivity contribution in [1.29, 1.82) is 0 Å². The number of likely N-dealkylation sites (tertiary alicyclic amines) is 1. The molecule has 1 N–H and O–H groups in total. The quantitative estimate of drug-likeness (QED) is 0.697. The number of Topliss-reactive ketones (excluding diaryl/α,β-unsaturated/α-hetero) is 1. The van der Waals surface area contributed by atoms with Crippen molar-refractivity contribution >= 4 is 34.9 Å². The molecule has 2 aromatic carbocycles. The molecule has 1 aliphatic heterocycles. The summed E-state index contributed by atoms with van der Waals surface area (Å²) < 4.78 is 0. The molecule has 0 saturated carbocycles. The van der Waals surface area contributed by atoms with Crippen LogP contribution in [-0.4, -0.2) is 39.6 Å². The molecule has 6 nitrogen and oxygen atoms in total. The van der Waals surface area contributed by atoms with Crippen LogP contribution < -0.4 is 5.32 Å². The fourth-order valence-corrected chi connectivity index (χ4v) is 3.29. The van der Waals surface area contributed by atoms with Crippen molar-refractivity contribution in [2.45, 2.75) is 12.8 Å². The lowest BCUT2D eigenvalue weighted by Crippen LogP contribution is -2.38. The summed E-state index contributed by atoms with van der Waals surface area (Å²) in [7, 11) is 0. The molecule has 7 heteroatoms. The highest BCUT2D eigenvalue weighted by Crippen LogP contribution is 2.22. The van der Waals surface area contributed by atoms with E-state index >= 15 is 0 Å². The van der Waals surface area contributed by atoms with Gasteiger partial charge in [-0.05, 0) is 42.5 Å². The van der Waals surface area contributed by atoms with E-state index in [9.17, 15) is 9.59 Å². The molecule has 1 saturated heterocycles. The molecular formula is C22H19ClN4O2. The standard InChI is InChI=1S/C22H19ClN4O2/c23-17-5-1-15(2-6-17)20-9-12-24-22(26-20)25-18-7-3-16(4-8-18)21(29)27-13-10-19(28)11-14-27/h1-9,12H,10-11,13-14H2,(H,24,25,26). The molecule has 0 atom stereocenters. The van der Waals surface area contributed by atoms with Crippen molar-refractivity contribution < 1.29 is 9.59 Å². The molecule has 1 fully saturated rings. The normalized spacial score (nSPS) is 14.0. The maximum Gasteiger partial charge on any atom is 0.253 e. The average molecular weight is 407 g/mol. The van der Waals surface area contributed by atoms with Gasteiger partial charge in [0.05, 0.1) is 5.69 Å². The molecule has 0 unspecified atom stereocenters. The number of anilines is 2. The first-order chi connectivity index (χ1) is 14.1. The monoisotopic (exact) mass is 406 g/mol. The highest BCUT2D eigenvalue weighted by atomic mass is 35.5. The van der Waals surface area contributed by atoms with Gasteiger partial charge in [0.15, 0.2) is 0 Å². The van der Waals surface area contributed by atoms with Crippen LogP contribution in [0, 0.1) is 0 Å². The smallest absolute Gasteiger partial charge is 0.253 e. The molecule has 0 radical (unpaired) electrons. The van der Waals surface area contributed by atoms with E-state index in [4.69, 9.17) is 11.6 Å². The molecule has 0 spiro atoms. The van der Waals surface area contributed by atoms with Gasteiger partial charge in [0.2, 0.25) is 5.95 Å². The highest BCUT2D eigenvalue weighted by molar-refractivity contribution is 6.30. The van der Waals surface area contributed by atoms with Crippen LogP contribution in [-0.2, 0) is 4.79 Å². The number of amides is 1. The molecule has 3 aromatic rings. The summed E-state index contributed by atoms with van der Waals surface area (Å²) in [6.45, 7) is 0.978. The minimum Gasteiger partial charge on any atom is -0.338 e. The van der Waals surface area contributed by atoms with E-state index in [1.807, 2.05) is 42.5 Å². The molecule has 0 bridgehead atoms. The second kappa shape index (κ2) is 8.41. The molecule has 146 valence electrons. The molecule has 1 amide bonds. The van der Waals surface area contributed by atoms with Crippen LogP contribution in [0.15, 0.2) is 60.8 Å². The van der Waals surface area contributed by atoms with Gasteiger partial charge in [0.1, 0.15) is 5.78 Å². The zero-order valence-corrected chi connectivity index (χ0v) is 16.4. The number of piperidine rings is 1. The Morgan fingerprint density at radius 1 is 0.966 bits per heavy atom. The van der Waals surface area contributed by atoms with E-state index in [1.54, 1.807) is 23.2 Å². The molecule has 1 aliphatic rings. The summed E-state index contributed by atoms with van der Waals surface area (Å²) in [5, 5.41) is 3.83. The summed E-state index contributed by atoms with van der Waals surface area (Å²) in [6, 6.07) is 16.5. The fraction of sp³-hybridized carbons (Fsp3) is 0.182. The summed E-state index contributed by atoms with van der Waals surface area (Å²) in [6.07, 6.45) is 2.56. The van der Waals surface area contributed by atoms with E-state index in [-0.39, 0.29) is 11.7 Å². The average Bonchev–Trinajstić information content (AvgIpc) is 2.75. The summed E-state index contributed by atoms with van der Waals surface area (Å²) in [4.78, 5) is 34.4. The van der Waals surface area contributed by atoms with Crippen molar-refractivity contribution in [3.8, 4) is 11.3 Å². The van der Waals surface area contributed by atoms with E-state index in [1.165, 1.54) is 0 Å². The number of rotatable bonds is 4. The first-order valence-corrected chi connectivity index (χ1v) is 9.73. The number of hydrogen-bond acceptors (Lipinski definition) is 5. The molecule has 29 heavy (non-hydrogen) atoms. The topological polar surface area (TPSA) is 75.2 Å². The van der Waals surface area contributed by atoms with E-state index in [2.05, 4.69) is 15.3 Å². The minimum atomic E-state index is -0.0509. The third-order valence-electron chi connectivity index (χ3n) is 4.79. The Hall–Kier alpha value is -3.25. The van der Waals surface area contributed by atoms with E-state index in [0.29, 0.717) is 42.5 Å². The summed E-state index contributed by atoms with van der Waals surface area (Å²) >= 11 is 5.94. The number of halogens is 1. The van der Waals surface area contributed by atoms with Gasteiger partial charge in [0.25, 0.3) is 5.91 Å². The van der Waals surface area contributed by atoms with Crippen molar-refractivity contribution in [1.82, 2.24) is 14.9 Å². The molecule has 0 aliphatic carbocycles. The van der Waals surface area contributed by atoms with Crippen molar-refractivity contribution in [3.63, 3.8) is 0 Å². The first-order valence-electron chi connectivity index (χ1n) is 9.35. The van der Waals surface area contributed by atoms with Gasteiger partial charge in [-0.25, -0.2) is 9.97 Å². The van der Waals surface area contributed by atoms with Gasteiger partial charge in [-0.1, -0.05) is 23.7 Å². The van der Waals surface area contributed by atoms with Gasteiger partial charge < -0.3 is 10.2 Å². The van der Waals surface area contributed by atoms with Crippen molar-refractivity contribution in [3.05, 3.63) is 71.4 Å². The van der Waals surface area contributed by atoms with Crippen LogP contribution in [0.4, 0.5) is 11.6 Å². The number of carbonyl (C=O) groups excluding carboxylic acids is 2. The second-order valence-electron chi connectivity index (χ2n) is 6.81. The maximum absolute atomic E-state index is 12.6. The molecule has 1 aromatic heterocycles. The Balaban J connectivity index is 1.45. The van der Waals surface area contributed by atoms with Gasteiger partial charge >= 0.3 is 0 Å². The number of nitrogens with zero attached hydrogens (tertiary/aromatic N) is 3. The predicted molar refractivity (Wildman–Crippen MR) is 112 cm³/mol. The summed E-state index contributed by atoms with van der Waals surface area (Å²) in [5.74, 6) is 0.630. The van der Waals surface area contributed by atoms with Gasteiger partial charge in [-0.2, -0.15) is 0 Å². The third kappa shape index (κ3) is 4.60. The number of ketones is 1. The van der Waals surface area contributed by atoms with Crippen LogP contribution in [0.25, 0.3) is 11.3 Å². The molecular weight excluding hydrogens is 388 g/mol. The Bertz CT molecular complexity index is 1030. The number of nitrogens with one attached hydrogen (secondary N) is 1.